The number of hydrogen-bond donors (Lipinski definition) is 1. The molecular weight excluding hydrogens is 321 g/mol. The van der Waals surface area contributed by atoms with Gasteiger partial charge in [0, 0.05) is 38.6 Å². The molecule has 0 aromatic heterocycles. The van der Waals surface area contributed by atoms with Crippen molar-refractivity contribution in [2.45, 2.75) is 18.9 Å². The Kier molecular flexibility index (Phi) is 5.24. The number of halogens is 4. The van der Waals surface area contributed by atoms with Crippen molar-refractivity contribution < 1.29 is 13.2 Å². The Labute approximate surface area is 119 Å². The fourth-order valence-electron chi connectivity index (χ4n) is 2.41. The van der Waals surface area contributed by atoms with Gasteiger partial charge in [-0.1, -0.05) is 12.1 Å². The first kappa shape index (κ1) is 14.8. The molecule has 1 aromatic carbocycles. The number of nitrogens with one attached hydrogen (secondary N) is 1. The van der Waals surface area contributed by atoms with Crippen molar-refractivity contribution in [2.24, 2.45) is 0 Å². The van der Waals surface area contributed by atoms with Crippen LogP contribution < -0.4 is 5.32 Å². The van der Waals surface area contributed by atoms with Gasteiger partial charge in [-0.25, -0.2) is 13.2 Å². The molecule has 1 heterocycles. The number of hydrogen-bond acceptors (Lipinski definition) is 2. The number of nitrogens with zero attached hydrogens (tertiary/aromatic N) is 1. The minimum absolute atomic E-state index is 0.276. The van der Waals surface area contributed by atoms with Crippen molar-refractivity contribution in [3.8, 4) is 0 Å². The van der Waals surface area contributed by atoms with Crippen LogP contribution in [0.15, 0.2) is 22.7 Å². The van der Waals surface area contributed by atoms with Gasteiger partial charge in [-0.05, 0) is 27.6 Å². The molecule has 19 heavy (non-hydrogen) atoms. The third-order valence-electron chi connectivity index (χ3n) is 3.33. The zero-order chi connectivity index (χ0) is 13.8. The van der Waals surface area contributed by atoms with Crippen molar-refractivity contribution in [3.05, 3.63) is 34.1 Å². The Morgan fingerprint density at radius 3 is 2.58 bits per heavy atom. The summed E-state index contributed by atoms with van der Waals surface area (Å²) in [7, 11) is 0. The van der Waals surface area contributed by atoms with E-state index in [0.717, 1.165) is 13.1 Å². The van der Waals surface area contributed by atoms with E-state index in [1.807, 2.05) is 4.90 Å². The zero-order valence-electron chi connectivity index (χ0n) is 10.4. The Morgan fingerprint density at radius 1 is 1.26 bits per heavy atom. The van der Waals surface area contributed by atoms with E-state index in [1.165, 1.54) is 6.07 Å². The van der Waals surface area contributed by atoms with E-state index in [0.29, 0.717) is 23.1 Å². The molecule has 1 atom stereocenters. The van der Waals surface area contributed by atoms with Crippen LogP contribution in [0.4, 0.5) is 13.2 Å². The van der Waals surface area contributed by atoms with Gasteiger partial charge in [-0.15, -0.1) is 0 Å². The zero-order valence-corrected chi connectivity index (χ0v) is 12.0. The van der Waals surface area contributed by atoms with Gasteiger partial charge in [0.05, 0.1) is 4.47 Å². The van der Waals surface area contributed by atoms with E-state index in [9.17, 15) is 13.2 Å². The molecule has 1 aliphatic heterocycles. The van der Waals surface area contributed by atoms with E-state index in [2.05, 4.69) is 21.2 Å². The maximum Gasteiger partial charge on any atom is 0.240 e. The number of benzene rings is 1. The summed E-state index contributed by atoms with van der Waals surface area (Å²) in [5.74, 6) is -0.410. The van der Waals surface area contributed by atoms with Crippen LogP contribution in [0.5, 0.6) is 0 Å². The molecule has 0 unspecified atom stereocenters. The summed E-state index contributed by atoms with van der Waals surface area (Å²) in [6, 6.07) is 4.15. The predicted octanol–water partition coefficient (Wildman–Crippen LogP) is 3.19. The lowest BCUT2D eigenvalue weighted by Gasteiger charge is -2.35. The van der Waals surface area contributed by atoms with Gasteiger partial charge in [0.25, 0.3) is 0 Å². The highest BCUT2D eigenvalue weighted by Gasteiger charge is 2.27. The molecule has 0 aliphatic carbocycles. The van der Waals surface area contributed by atoms with E-state index < -0.39 is 18.3 Å². The van der Waals surface area contributed by atoms with Crippen LogP contribution in [0.1, 0.15) is 18.0 Å². The molecule has 0 spiro atoms. The lowest BCUT2D eigenvalue weighted by atomic mass is 10.0. The van der Waals surface area contributed by atoms with E-state index in [4.69, 9.17) is 0 Å². The molecule has 1 saturated heterocycles. The number of rotatable bonds is 4. The van der Waals surface area contributed by atoms with Gasteiger partial charge in [0.15, 0.2) is 0 Å². The first-order valence-corrected chi connectivity index (χ1v) is 7.05. The van der Waals surface area contributed by atoms with Crippen molar-refractivity contribution in [1.29, 1.82) is 0 Å². The van der Waals surface area contributed by atoms with Crippen molar-refractivity contribution in [1.82, 2.24) is 10.2 Å². The Balaban J connectivity index is 2.27. The molecule has 0 radical (unpaired) electrons. The summed E-state index contributed by atoms with van der Waals surface area (Å²) < 4.78 is 39.5. The van der Waals surface area contributed by atoms with Crippen molar-refractivity contribution >= 4 is 15.9 Å². The topological polar surface area (TPSA) is 15.3 Å². The molecule has 6 heteroatoms. The quantitative estimate of drug-likeness (QED) is 0.908. The standard InChI is InChI=1S/C13H16BrF3N2/c14-13-9(2-1-3-10(13)15)11(8-12(16)17)19-6-4-18-5-7-19/h1-3,11-12,18H,4-8H2/t11-/m0/s1. The first-order valence-electron chi connectivity index (χ1n) is 6.26. The van der Waals surface area contributed by atoms with E-state index in [1.54, 1.807) is 12.1 Å². The van der Waals surface area contributed by atoms with Gasteiger partial charge >= 0.3 is 0 Å². The Hall–Kier alpha value is -0.590. The molecule has 1 N–H and O–H groups in total. The maximum absolute atomic E-state index is 13.6. The lowest BCUT2D eigenvalue weighted by molar-refractivity contribution is 0.0735. The number of piperazine rings is 1. The molecule has 1 fully saturated rings. The average molecular weight is 337 g/mol. The number of alkyl halides is 2. The summed E-state index contributed by atoms with van der Waals surface area (Å²) >= 11 is 3.18. The second-order valence-corrected chi connectivity index (χ2v) is 5.36. The van der Waals surface area contributed by atoms with Crippen LogP contribution in [0.25, 0.3) is 0 Å². The Morgan fingerprint density at radius 2 is 1.95 bits per heavy atom. The molecule has 0 saturated carbocycles. The van der Waals surface area contributed by atoms with Gasteiger partial charge < -0.3 is 5.32 Å². The van der Waals surface area contributed by atoms with Gasteiger partial charge in [0.2, 0.25) is 6.43 Å². The minimum atomic E-state index is -2.41. The SMILES string of the molecule is Fc1cccc([C@H](CC(F)F)N2CCNCC2)c1Br. The van der Waals surface area contributed by atoms with Gasteiger partial charge in [-0.3, -0.25) is 4.90 Å². The first-order chi connectivity index (χ1) is 9.09. The molecular formula is C13H16BrF3N2. The summed E-state index contributed by atoms with van der Waals surface area (Å²) in [5.41, 5.74) is 0.599. The van der Waals surface area contributed by atoms with E-state index in [-0.39, 0.29) is 6.42 Å². The molecule has 2 rings (SSSR count). The van der Waals surface area contributed by atoms with Crippen molar-refractivity contribution in [2.75, 3.05) is 26.2 Å². The maximum atomic E-state index is 13.6. The van der Waals surface area contributed by atoms with Crippen LogP contribution in [-0.2, 0) is 0 Å². The third kappa shape index (κ3) is 3.70. The summed E-state index contributed by atoms with van der Waals surface area (Å²) in [6.45, 7) is 2.93. The summed E-state index contributed by atoms with van der Waals surface area (Å²) in [5, 5.41) is 3.19. The van der Waals surface area contributed by atoms with Crippen LogP contribution in [0.2, 0.25) is 0 Å². The van der Waals surface area contributed by atoms with Gasteiger partial charge in [0.1, 0.15) is 5.82 Å². The molecule has 1 aliphatic rings. The average Bonchev–Trinajstić information content (AvgIpc) is 2.40. The normalized spacial score (nSPS) is 18.8. The second kappa shape index (κ2) is 6.72. The predicted molar refractivity (Wildman–Crippen MR) is 71.9 cm³/mol. The molecule has 0 amide bonds. The van der Waals surface area contributed by atoms with Gasteiger partial charge in [-0.2, -0.15) is 0 Å². The summed E-state index contributed by atoms with van der Waals surface area (Å²) in [6.07, 6.45) is -2.68. The molecule has 0 bridgehead atoms. The fourth-order valence-corrected chi connectivity index (χ4v) is 2.94. The van der Waals surface area contributed by atoms with E-state index >= 15 is 0 Å². The smallest absolute Gasteiger partial charge is 0.240 e. The monoisotopic (exact) mass is 336 g/mol. The highest BCUT2D eigenvalue weighted by Crippen LogP contribution is 2.33. The fraction of sp³-hybridized carbons (Fsp3) is 0.538. The van der Waals surface area contributed by atoms with Crippen LogP contribution in [0.3, 0.4) is 0 Å². The Bertz CT molecular complexity index is 422. The molecule has 2 nitrogen and oxygen atoms in total. The third-order valence-corrected chi connectivity index (χ3v) is 4.17. The van der Waals surface area contributed by atoms with Crippen LogP contribution in [0, 0.1) is 5.82 Å². The second-order valence-electron chi connectivity index (χ2n) is 4.57. The largest absolute Gasteiger partial charge is 0.314 e. The molecule has 1 aromatic rings. The highest BCUT2D eigenvalue weighted by molar-refractivity contribution is 9.10. The molecule has 106 valence electrons. The minimum Gasteiger partial charge on any atom is -0.314 e. The van der Waals surface area contributed by atoms with Crippen LogP contribution >= 0.6 is 15.9 Å². The summed E-state index contributed by atoms with van der Waals surface area (Å²) in [4.78, 5) is 1.99. The van der Waals surface area contributed by atoms with Crippen LogP contribution in [-0.4, -0.2) is 37.5 Å². The van der Waals surface area contributed by atoms with Crippen molar-refractivity contribution in [3.63, 3.8) is 0 Å². The highest BCUT2D eigenvalue weighted by atomic mass is 79.9. The lowest BCUT2D eigenvalue weighted by Crippen LogP contribution is -2.45.